The number of hydrogen-bond acceptors (Lipinski definition) is 28. The molecule has 6 N–H and O–H groups in total. The number of rotatable bonds is 54. The summed E-state index contributed by atoms with van der Waals surface area (Å²) in [5.74, 6) is -1.04. The highest BCUT2D eigenvalue weighted by Gasteiger charge is 2.44. The first-order valence-corrected chi connectivity index (χ1v) is 39.7. The van der Waals surface area contributed by atoms with Gasteiger partial charge in [0.05, 0.1) is 12.6 Å². The van der Waals surface area contributed by atoms with E-state index in [4.69, 9.17) is 30.1 Å². The number of carbonyl (C=O) groups is 5. The lowest BCUT2D eigenvalue weighted by Gasteiger charge is -2.45. The Kier molecular flexibility index (Phi) is 87.5. The highest BCUT2D eigenvalue weighted by atomic mass is 19.3. The van der Waals surface area contributed by atoms with E-state index in [0.29, 0.717) is 103 Å². The predicted molar refractivity (Wildman–Crippen MR) is 413 cm³/mol. The predicted octanol–water partition coefficient (Wildman–Crippen LogP) is 14.9. The lowest BCUT2D eigenvalue weighted by atomic mass is 9.63. The Morgan fingerprint density at radius 1 is 0.424 bits per heavy atom. The number of amides is 3. The molecule has 3 rings (SSSR count). The van der Waals surface area contributed by atoms with E-state index < -0.39 is 180 Å². The first-order chi connectivity index (χ1) is 62.1. The third-order valence-electron chi connectivity index (χ3n) is 16.5. The van der Waals surface area contributed by atoms with Gasteiger partial charge in [0.1, 0.15) is 52.6 Å². The molecule has 58 heteroatoms. The van der Waals surface area contributed by atoms with E-state index >= 15 is 0 Å². The molecule has 1 heterocycles. The Hall–Kier alpha value is -8.29. The molecule has 1 aromatic rings. The summed E-state index contributed by atoms with van der Waals surface area (Å²) in [5, 5.41) is 37.7. The van der Waals surface area contributed by atoms with Gasteiger partial charge in [-0.3, -0.25) is 28.5 Å². The first-order valence-electron chi connectivity index (χ1n) is 39.7. The van der Waals surface area contributed by atoms with Crippen molar-refractivity contribution in [2.45, 2.75) is 239 Å². The van der Waals surface area contributed by atoms with Crippen LogP contribution in [0.1, 0.15) is 183 Å². The standard InChI is InChI=1S/C31H51F3N4O9.C14H23FN2O3.C13H21FN2O3.4C3H4F4O2.C2H5FO.2CH3FO/c32-17-23-45-26(39)15-9-3-1-6-12-20-36-29(42)37(21-13-7-2-4-10-16-27(40)47-25-34)31(44)38(30(36)43)22-14-8-5-11-19-35-28(41)46-24-18-33;1-13(2)6-11(20-10-16)7-14(3,8-13)9-17-12(18)19-5-4-15;1-12(2)4-10(16-9-17)5-13(3,6-12)7-15-11(18)19-8-14;4*4-2-8-3(5,6)1-9-7;3-1-2-4;2*2-1-3/h1-25H2,(H,35,41);11H,4-9H2,1-3H3,(H,17,18);10H,4-8H2,1-3H3,(H,15,18);4*1-2H2;4H,1-2H2;2*3H,1H2. The van der Waals surface area contributed by atoms with Crippen molar-refractivity contribution >= 4 is 36.3 Å². The number of alkyl carbamates (subject to hydrolysis) is 3. The van der Waals surface area contributed by atoms with E-state index in [1.165, 1.54) is 0 Å². The van der Waals surface area contributed by atoms with Gasteiger partial charge >= 0.3 is 71.7 Å². The minimum atomic E-state index is -3.87. The normalized spacial score (nSPS) is 16.2. The average Bonchev–Trinajstić information content (AvgIpc) is 0.812. The molecule has 782 valence electrons. The fourth-order valence-corrected chi connectivity index (χ4v) is 12.2. The van der Waals surface area contributed by atoms with Gasteiger partial charge in [0.2, 0.25) is 19.8 Å². The van der Waals surface area contributed by atoms with Gasteiger partial charge in [-0.2, -0.15) is 60.2 Å². The van der Waals surface area contributed by atoms with Crippen molar-refractivity contribution in [3.8, 4) is 6.26 Å². The molecule has 0 saturated heterocycles. The van der Waals surface area contributed by atoms with Crippen LogP contribution in [0.4, 0.5) is 120 Å². The maximum Gasteiger partial charge on any atom is 0.409 e. The molecule has 4 atom stereocenters. The van der Waals surface area contributed by atoms with Crippen LogP contribution in [0.5, 0.6) is 0 Å². The number of esters is 2. The molecule has 2 fully saturated rings. The summed E-state index contributed by atoms with van der Waals surface area (Å²) in [6.07, 6.45) is -0.202. The molecule has 2 saturated carbocycles. The zero-order valence-corrected chi connectivity index (χ0v) is 73.6. The maximum absolute atomic E-state index is 13.3. The summed E-state index contributed by atoms with van der Waals surface area (Å²) in [6.45, 7) is -7.64. The van der Waals surface area contributed by atoms with Gasteiger partial charge in [-0.1, -0.05) is 92.9 Å². The molecule has 132 heavy (non-hydrogen) atoms. The monoisotopic (exact) mass is 1990 g/mol. The van der Waals surface area contributed by atoms with Crippen molar-refractivity contribution in [3.63, 3.8) is 0 Å². The molecule has 2 aliphatic carbocycles. The summed E-state index contributed by atoms with van der Waals surface area (Å²) in [4.78, 5) is 121. The largest absolute Gasteiger partial charge is 0.463 e. The van der Waals surface area contributed by atoms with Crippen molar-refractivity contribution in [2.24, 2.45) is 26.7 Å². The molecule has 0 bridgehead atoms. The number of hydrogen-bond donors (Lipinski definition) is 6. The van der Waals surface area contributed by atoms with E-state index in [1.807, 2.05) is 6.92 Å². The fraction of sp³-hybridized carbons (Fsp3) is 0.865. The van der Waals surface area contributed by atoms with E-state index in [9.17, 15) is 149 Å². The molecule has 0 aliphatic heterocycles. The smallest absolute Gasteiger partial charge is 0.409 e. The van der Waals surface area contributed by atoms with Crippen LogP contribution >= 0.6 is 0 Å². The fourth-order valence-electron chi connectivity index (χ4n) is 12.2. The molecule has 1 aromatic heterocycles. The quantitative estimate of drug-likeness (QED) is 0.00671. The van der Waals surface area contributed by atoms with Gasteiger partial charge in [0, 0.05) is 52.1 Å². The maximum atomic E-state index is 13.3. The molecule has 34 nitrogen and oxygen atoms in total. The number of aromatic nitrogens is 3. The van der Waals surface area contributed by atoms with Crippen molar-refractivity contribution < 1.29 is 217 Å². The molecule has 0 aromatic carbocycles. The summed E-state index contributed by atoms with van der Waals surface area (Å²) in [5.41, 5.74) is -2.28. The highest BCUT2D eigenvalue weighted by molar-refractivity contribution is 5.69. The first kappa shape index (κ1) is 137. The second kappa shape index (κ2) is 84.5. The second-order valence-electron chi connectivity index (χ2n) is 29.2. The van der Waals surface area contributed by atoms with Crippen molar-refractivity contribution in [1.82, 2.24) is 29.7 Å². The summed E-state index contributed by atoms with van der Waals surface area (Å²) >= 11 is 0. The van der Waals surface area contributed by atoms with Crippen molar-refractivity contribution in [2.75, 3.05) is 154 Å². The van der Waals surface area contributed by atoms with Crippen LogP contribution in [0, 0.1) is 33.2 Å². The molecule has 0 radical (unpaired) electrons. The third kappa shape index (κ3) is 82.4. The van der Waals surface area contributed by atoms with E-state index in [1.54, 1.807) is 12.3 Å². The van der Waals surface area contributed by atoms with Gasteiger partial charge in [-0.25, -0.2) is 105 Å². The molecule has 0 spiro atoms. The lowest BCUT2D eigenvalue weighted by Crippen LogP contribution is -2.54. The third-order valence-corrected chi connectivity index (χ3v) is 16.5. The number of isocyanates is 1. The highest BCUT2D eigenvalue weighted by Crippen LogP contribution is 2.48. The van der Waals surface area contributed by atoms with Crippen LogP contribution < -0.4 is 33.0 Å². The Bertz CT molecular complexity index is 3130. The Morgan fingerprint density at radius 2 is 0.727 bits per heavy atom. The lowest BCUT2D eigenvalue weighted by molar-refractivity contribution is -0.313. The Balaban J connectivity index is -0.000000304. The number of nitriles is 1. The Labute approximate surface area is 744 Å². The number of nitrogens with one attached hydrogen (secondary N) is 3. The number of aliphatic hydroxyl groups is 3. The molecule has 4 unspecified atom stereocenters. The second-order valence-corrected chi connectivity index (χ2v) is 29.2. The summed E-state index contributed by atoms with van der Waals surface area (Å²) < 4.78 is 312. The Morgan fingerprint density at radius 3 is 1.05 bits per heavy atom. The van der Waals surface area contributed by atoms with Crippen molar-refractivity contribution in [3.05, 3.63) is 31.5 Å². The zero-order valence-electron chi connectivity index (χ0n) is 73.6. The van der Waals surface area contributed by atoms with Gasteiger partial charge in [0.25, 0.3) is 6.26 Å². The minimum absolute atomic E-state index is 0.0314. The number of aliphatic hydroxyl groups excluding tert-OH is 3. The van der Waals surface area contributed by atoms with E-state index in [-0.39, 0.29) is 92.7 Å². The van der Waals surface area contributed by atoms with Gasteiger partial charge in [-0.05, 0) is 117 Å². The van der Waals surface area contributed by atoms with Gasteiger partial charge in [0.15, 0.2) is 67.6 Å². The van der Waals surface area contributed by atoms with Crippen LogP contribution in [-0.4, -0.2) is 256 Å². The number of ether oxygens (including phenoxy) is 10. The van der Waals surface area contributed by atoms with Crippen LogP contribution in [0.2, 0.25) is 0 Å². The number of nitrogens with zero attached hydrogens (tertiary/aromatic N) is 5. The number of alkyl halides is 20. The van der Waals surface area contributed by atoms with E-state index in [0.717, 1.165) is 58.6 Å². The molecule has 3 amide bonds. The summed E-state index contributed by atoms with van der Waals surface area (Å²) in [6, 6.07) is -0.0785. The zero-order chi connectivity index (χ0) is 103. The van der Waals surface area contributed by atoms with Gasteiger partial charge < -0.3 is 59.7 Å². The SMILES string of the molecule is CC1(C)CC(N=C=O)CC(C)(CNC(=O)OCF)C1.CC1(C)CC(OC#N)CC(C)(CNC(=O)OCCF)C1.FCOC(F)(F)COF.FCOC(F)(F)COF.FCOC(F)(F)COF.FCOC(F)(F)COF.O=C(CCCCCCCn1c(=O)n(CCCCCCCC(=O)OCCF)c(=O)n(CCCCCCNC(=O)OCCF)c1=O)OCF.OCCF.OCF.OCF. The van der Waals surface area contributed by atoms with Crippen LogP contribution in [-0.2, 0) is 101 Å². The average molecular weight is 2000 g/mol. The number of halogens is 24. The topological polar surface area (TPSA) is 431 Å². The molecule has 2 aliphatic rings. The van der Waals surface area contributed by atoms with Crippen LogP contribution in [0.3, 0.4) is 0 Å². The summed E-state index contributed by atoms with van der Waals surface area (Å²) in [7, 11) is 0. The number of unbranched alkanes of at least 4 members (excludes halogenated alkanes) is 11. The van der Waals surface area contributed by atoms with Crippen LogP contribution in [0.25, 0.3) is 0 Å². The van der Waals surface area contributed by atoms with Gasteiger partial charge in [-0.15, -0.1) is 0 Å². The number of carbonyl (C=O) groups excluding carboxylic acids is 6. The molecular formula is C74H122F24N8O26. The van der Waals surface area contributed by atoms with E-state index in [2.05, 4.69) is 113 Å². The minimum Gasteiger partial charge on any atom is -0.463 e. The van der Waals surface area contributed by atoms with Crippen LogP contribution in [0.15, 0.2) is 19.4 Å². The number of aliphatic imine (C=N–C) groups is 1. The molecular weight excluding hydrogens is 1870 g/mol. The van der Waals surface area contributed by atoms with Crippen molar-refractivity contribution in [1.29, 1.82) is 5.26 Å².